The molecule has 3 aromatic rings. The van der Waals surface area contributed by atoms with E-state index in [2.05, 4.69) is 5.32 Å². The maximum atomic E-state index is 13.2. The monoisotopic (exact) mass is 444 g/mol. The maximum Gasteiger partial charge on any atom is 0.264 e. The van der Waals surface area contributed by atoms with Crippen molar-refractivity contribution in [3.05, 3.63) is 89.4 Å². The van der Waals surface area contributed by atoms with Crippen molar-refractivity contribution in [2.45, 2.75) is 11.4 Å². The summed E-state index contributed by atoms with van der Waals surface area (Å²) >= 11 is 5.88. The standard InChI is InChI=1S/C22H21ClN2O4S/c1-29-21-10-6-5-7-17(21)15-24-22(26)16-25(19-8-3-2-4-9-19)30(27,28)20-13-11-18(23)12-14-20/h2-14H,15-16H2,1H3,(H,24,26). The van der Waals surface area contributed by atoms with Gasteiger partial charge >= 0.3 is 0 Å². The number of sulfonamides is 1. The Labute approximate surface area is 181 Å². The fraction of sp³-hybridized carbons (Fsp3) is 0.136. The second-order valence-corrected chi connectivity index (χ2v) is 8.69. The van der Waals surface area contributed by atoms with Crippen LogP contribution in [0.5, 0.6) is 5.75 Å². The number of hydrogen-bond donors (Lipinski definition) is 1. The molecule has 0 aliphatic carbocycles. The SMILES string of the molecule is COc1ccccc1CNC(=O)CN(c1ccccc1)S(=O)(=O)c1ccc(Cl)cc1. The summed E-state index contributed by atoms with van der Waals surface area (Å²) < 4.78 is 32.8. The Balaban J connectivity index is 1.83. The van der Waals surface area contributed by atoms with Gasteiger partial charge in [0.25, 0.3) is 10.0 Å². The summed E-state index contributed by atoms with van der Waals surface area (Å²) in [5.74, 6) is 0.203. The Morgan fingerprint density at radius 3 is 2.27 bits per heavy atom. The average Bonchev–Trinajstić information content (AvgIpc) is 2.77. The maximum absolute atomic E-state index is 13.2. The molecule has 1 N–H and O–H groups in total. The topological polar surface area (TPSA) is 75.7 Å². The van der Waals surface area contributed by atoms with Crippen LogP contribution in [0.3, 0.4) is 0 Å². The molecule has 30 heavy (non-hydrogen) atoms. The molecule has 0 aliphatic heterocycles. The normalized spacial score (nSPS) is 11.0. The summed E-state index contributed by atoms with van der Waals surface area (Å²) in [4.78, 5) is 12.7. The van der Waals surface area contributed by atoms with Crippen molar-refractivity contribution in [2.75, 3.05) is 18.0 Å². The van der Waals surface area contributed by atoms with Crippen LogP contribution in [-0.4, -0.2) is 28.0 Å². The predicted molar refractivity (Wildman–Crippen MR) is 117 cm³/mol. The van der Waals surface area contributed by atoms with Crippen LogP contribution in [0.1, 0.15) is 5.56 Å². The van der Waals surface area contributed by atoms with E-state index in [9.17, 15) is 13.2 Å². The third-order valence-electron chi connectivity index (χ3n) is 4.40. The molecule has 1 amide bonds. The zero-order chi connectivity index (χ0) is 21.6. The minimum Gasteiger partial charge on any atom is -0.496 e. The van der Waals surface area contributed by atoms with Gasteiger partial charge in [0, 0.05) is 17.1 Å². The lowest BCUT2D eigenvalue weighted by Gasteiger charge is -2.24. The summed E-state index contributed by atoms with van der Waals surface area (Å²) in [6, 6.07) is 21.6. The Morgan fingerprint density at radius 1 is 0.967 bits per heavy atom. The van der Waals surface area contributed by atoms with E-state index >= 15 is 0 Å². The molecule has 0 fully saturated rings. The van der Waals surface area contributed by atoms with Gasteiger partial charge < -0.3 is 10.1 Å². The first-order valence-corrected chi connectivity index (χ1v) is 11.0. The van der Waals surface area contributed by atoms with Crippen LogP contribution in [0.25, 0.3) is 0 Å². The predicted octanol–water partition coefficient (Wildman–Crippen LogP) is 3.86. The quantitative estimate of drug-likeness (QED) is 0.572. The minimum atomic E-state index is -3.97. The molecule has 0 aliphatic rings. The summed E-state index contributed by atoms with van der Waals surface area (Å²) in [7, 11) is -2.42. The van der Waals surface area contributed by atoms with Crippen molar-refractivity contribution in [3.63, 3.8) is 0 Å². The molecule has 0 spiro atoms. The second kappa shape index (κ2) is 9.65. The third kappa shape index (κ3) is 5.11. The number of methoxy groups -OCH3 is 1. The fourth-order valence-electron chi connectivity index (χ4n) is 2.87. The molecule has 0 saturated carbocycles. The van der Waals surface area contributed by atoms with E-state index in [0.717, 1.165) is 9.87 Å². The smallest absolute Gasteiger partial charge is 0.264 e. The van der Waals surface area contributed by atoms with Gasteiger partial charge in [0.1, 0.15) is 12.3 Å². The zero-order valence-electron chi connectivity index (χ0n) is 16.3. The van der Waals surface area contributed by atoms with Gasteiger partial charge in [-0.2, -0.15) is 0 Å². The minimum absolute atomic E-state index is 0.0493. The van der Waals surface area contributed by atoms with Gasteiger partial charge in [0.05, 0.1) is 17.7 Å². The molecular weight excluding hydrogens is 424 g/mol. The number of nitrogens with one attached hydrogen (secondary N) is 1. The van der Waals surface area contributed by atoms with Crippen molar-refractivity contribution < 1.29 is 17.9 Å². The number of carbonyl (C=O) groups is 1. The molecular formula is C22H21ClN2O4S. The first kappa shape index (κ1) is 21.7. The highest BCUT2D eigenvalue weighted by Crippen LogP contribution is 2.24. The lowest BCUT2D eigenvalue weighted by atomic mass is 10.2. The van der Waals surface area contributed by atoms with Crippen LogP contribution in [0, 0.1) is 0 Å². The summed E-state index contributed by atoms with van der Waals surface area (Å²) in [5.41, 5.74) is 1.18. The van der Waals surface area contributed by atoms with Gasteiger partial charge in [0.2, 0.25) is 5.91 Å². The Hall–Kier alpha value is -3.03. The van der Waals surface area contributed by atoms with Gasteiger partial charge in [-0.3, -0.25) is 9.10 Å². The second-order valence-electron chi connectivity index (χ2n) is 6.39. The number of halogens is 1. The molecule has 0 heterocycles. The molecule has 0 radical (unpaired) electrons. The van der Waals surface area contributed by atoms with Crippen LogP contribution in [0.2, 0.25) is 5.02 Å². The van der Waals surface area contributed by atoms with Crippen LogP contribution >= 0.6 is 11.6 Å². The molecule has 8 heteroatoms. The van der Waals surface area contributed by atoms with Crippen LogP contribution < -0.4 is 14.4 Å². The van der Waals surface area contributed by atoms with Gasteiger partial charge in [0.15, 0.2) is 0 Å². The highest BCUT2D eigenvalue weighted by atomic mass is 35.5. The Bertz CT molecular complexity index is 1100. The number of anilines is 1. The number of rotatable bonds is 8. The van der Waals surface area contributed by atoms with Crippen LogP contribution in [0.15, 0.2) is 83.8 Å². The van der Waals surface area contributed by atoms with E-state index in [-0.39, 0.29) is 18.0 Å². The highest BCUT2D eigenvalue weighted by Gasteiger charge is 2.27. The summed E-state index contributed by atoms with van der Waals surface area (Å²) in [5, 5.41) is 3.19. The number of nitrogens with zero attached hydrogens (tertiary/aromatic N) is 1. The molecule has 6 nitrogen and oxygen atoms in total. The van der Waals surface area contributed by atoms with E-state index in [1.807, 2.05) is 18.2 Å². The molecule has 3 aromatic carbocycles. The largest absolute Gasteiger partial charge is 0.496 e. The Kier molecular flexibility index (Phi) is 6.97. The number of benzene rings is 3. The van der Waals surface area contributed by atoms with Crippen LogP contribution in [0.4, 0.5) is 5.69 Å². The van der Waals surface area contributed by atoms with Crippen molar-refractivity contribution in [1.29, 1.82) is 0 Å². The number of carbonyl (C=O) groups excluding carboxylic acids is 1. The number of ether oxygens (including phenoxy) is 1. The highest BCUT2D eigenvalue weighted by molar-refractivity contribution is 7.92. The number of amides is 1. The molecule has 0 aromatic heterocycles. The van der Waals surface area contributed by atoms with Crippen molar-refractivity contribution in [3.8, 4) is 5.75 Å². The lowest BCUT2D eigenvalue weighted by molar-refractivity contribution is -0.119. The summed E-state index contributed by atoms with van der Waals surface area (Å²) in [6.07, 6.45) is 0. The molecule has 3 rings (SSSR count). The molecule has 0 bridgehead atoms. The number of hydrogen-bond acceptors (Lipinski definition) is 4. The van der Waals surface area contributed by atoms with Crippen molar-refractivity contribution in [1.82, 2.24) is 5.32 Å². The Morgan fingerprint density at radius 2 is 1.60 bits per heavy atom. The summed E-state index contributed by atoms with van der Waals surface area (Å²) in [6.45, 7) is -0.156. The van der Waals surface area contributed by atoms with Crippen molar-refractivity contribution >= 4 is 33.2 Å². The first-order valence-electron chi connectivity index (χ1n) is 9.14. The first-order chi connectivity index (χ1) is 14.4. The van der Waals surface area contributed by atoms with Gasteiger partial charge in [-0.1, -0.05) is 48.0 Å². The van der Waals surface area contributed by atoms with E-state index in [1.54, 1.807) is 43.5 Å². The van der Waals surface area contributed by atoms with Crippen molar-refractivity contribution in [2.24, 2.45) is 0 Å². The van der Waals surface area contributed by atoms with E-state index in [0.29, 0.717) is 16.5 Å². The van der Waals surface area contributed by atoms with Crippen LogP contribution in [-0.2, 0) is 21.4 Å². The third-order valence-corrected chi connectivity index (χ3v) is 6.44. The molecule has 156 valence electrons. The lowest BCUT2D eigenvalue weighted by Crippen LogP contribution is -2.40. The molecule has 0 atom stereocenters. The van der Waals surface area contributed by atoms with Gasteiger partial charge in [-0.25, -0.2) is 8.42 Å². The zero-order valence-corrected chi connectivity index (χ0v) is 17.9. The number of para-hydroxylation sites is 2. The van der Waals surface area contributed by atoms with Gasteiger partial charge in [-0.15, -0.1) is 0 Å². The van der Waals surface area contributed by atoms with E-state index < -0.39 is 15.9 Å². The molecule has 0 unspecified atom stereocenters. The fourth-order valence-corrected chi connectivity index (χ4v) is 4.42. The average molecular weight is 445 g/mol. The molecule has 0 saturated heterocycles. The van der Waals surface area contributed by atoms with E-state index in [1.165, 1.54) is 24.3 Å². The van der Waals surface area contributed by atoms with Gasteiger partial charge in [-0.05, 0) is 42.5 Å². The van der Waals surface area contributed by atoms with E-state index in [4.69, 9.17) is 16.3 Å².